The van der Waals surface area contributed by atoms with E-state index in [4.69, 9.17) is 0 Å². The molecular weight excluding hydrogens is 457 g/mol. The van der Waals surface area contributed by atoms with Crippen molar-refractivity contribution in [3.8, 4) is 11.3 Å². The molecule has 0 N–H and O–H groups in total. The molecule has 4 rings (SSSR count). The van der Waals surface area contributed by atoms with Crippen LogP contribution in [0.3, 0.4) is 0 Å². The third kappa shape index (κ3) is 1.97. The second kappa shape index (κ2) is 5.35. The van der Waals surface area contributed by atoms with Crippen molar-refractivity contribution in [2.24, 2.45) is 0 Å². The molecule has 2 heterocycles. The van der Waals surface area contributed by atoms with Crippen LogP contribution in [0.15, 0.2) is 66.9 Å². The molecule has 0 aliphatic carbocycles. The van der Waals surface area contributed by atoms with Crippen molar-refractivity contribution < 1.29 is 24.7 Å². The van der Waals surface area contributed by atoms with Crippen molar-refractivity contribution in [3.63, 3.8) is 0 Å². The Morgan fingerprint density at radius 2 is 1.67 bits per heavy atom. The van der Waals surface area contributed by atoms with E-state index >= 15 is 0 Å². The van der Waals surface area contributed by atoms with Crippen molar-refractivity contribution in [2.75, 3.05) is 0 Å². The number of hydrogen-bond donors (Lipinski definition) is 0. The first-order chi connectivity index (χ1) is 9.82. The molecule has 0 spiro atoms. The topological polar surface area (TPSA) is 30.0 Å². The van der Waals surface area contributed by atoms with Gasteiger partial charge in [-0.2, -0.15) is 0 Å². The monoisotopic (exact) mass is 469 g/mol. The van der Waals surface area contributed by atoms with Crippen LogP contribution in [0, 0.1) is 6.07 Å². The summed E-state index contributed by atoms with van der Waals surface area (Å²) in [7, 11) is -2.80. The smallest absolute Gasteiger partial charge is 0.127 e. The van der Waals surface area contributed by atoms with E-state index in [9.17, 15) is 4.57 Å². The van der Waals surface area contributed by atoms with Crippen LogP contribution in [-0.2, 0) is 24.7 Å². The zero-order valence-corrected chi connectivity index (χ0v) is 14.3. The van der Waals surface area contributed by atoms with Gasteiger partial charge in [-0.05, 0) is 17.1 Å². The zero-order valence-electron chi connectivity index (χ0n) is 11.0. The van der Waals surface area contributed by atoms with Crippen LogP contribution in [-0.4, -0.2) is 4.98 Å². The van der Waals surface area contributed by atoms with E-state index in [-0.39, 0.29) is 20.1 Å². The molecule has 1 aromatic heterocycles. The zero-order chi connectivity index (χ0) is 13.6. The van der Waals surface area contributed by atoms with Gasteiger partial charge < -0.3 is 9.55 Å². The first-order valence-electron chi connectivity index (χ1n) is 6.45. The average Bonchev–Trinajstić information content (AvgIpc) is 2.80. The van der Waals surface area contributed by atoms with Gasteiger partial charge in [-0.25, -0.2) is 0 Å². The number of nitrogens with zero attached hydrogens (tertiary/aromatic N) is 1. The van der Waals surface area contributed by atoms with Gasteiger partial charge in [-0.1, -0.05) is 41.7 Å². The summed E-state index contributed by atoms with van der Waals surface area (Å²) in [4.78, 5) is 4.42. The molecule has 1 aliphatic heterocycles. The molecular formula is C17H11IrNOP-. The Hall–Kier alpha value is -1.53. The Labute approximate surface area is 137 Å². The number of fused-ring (bicyclic) bond motifs is 3. The molecule has 0 saturated carbocycles. The van der Waals surface area contributed by atoms with Crippen molar-refractivity contribution in [3.05, 3.63) is 72.9 Å². The molecule has 2 aromatic carbocycles. The predicted octanol–water partition coefficient (Wildman–Crippen LogP) is 2.50. The fourth-order valence-electron chi connectivity index (χ4n) is 2.77. The van der Waals surface area contributed by atoms with Crippen molar-refractivity contribution in [1.82, 2.24) is 4.98 Å². The summed E-state index contributed by atoms with van der Waals surface area (Å²) in [5.74, 6) is 0. The van der Waals surface area contributed by atoms with Gasteiger partial charge in [0.05, 0.1) is 0 Å². The molecule has 1 unspecified atom stereocenters. The summed E-state index contributed by atoms with van der Waals surface area (Å²) in [6.07, 6.45) is 1.74. The van der Waals surface area contributed by atoms with Crippen LogP contribution in [0.5, 0.6) is 0 Å². The maximum atomic E-state index is 13.8. The van der Waals surface area contributed by atoms with E-state index in [2.05, 4.69) is 11.1 Å². The summed E-state index contributed by atoms with van der Waals surface area (Å²) in [5, 5.41) is 2.52. The maximum absolute atomic E-state index is 13.8. The Balaban J connectivity index is 0.00000132. The predicted molar refractivity (Wildman–Crippen MR) is 81.5 cm³/mol. The van der Waals surface area contributed by atoms with E-state index in [0.29, 0.717) is 0 Å². The van der Waals surface area contributed by atoms with Crippen molar-refractivity contribution in [1.29, 1.82) is 0 Å². The van der Waals surface area contributed by atoms with Crippen molar-refractivity contribution >= 4 is 23.1 Å². The summed E-state index contributed by atoms with van der Waals surface area (Å²) < 4.78 is 13.8. The average molecular weight is 468 g/mol. The minimum atomic E-state index is -2.80. The van der Waals surface area contributed by atoms with Crippen LogP contribution in [0.25, 0.3) is 11.3 Å². The first-order valence-corrected chi connectivity index (χ1v) is 8.15. The molecule has 4 heteroatoms. The minimum Gasteiger partial charge on any atom is -0.319 e. The summed E-state index contributed by atoms with van der Waals surface area (Å²) in [5.41, 5.74) is 1.67. The first kappa shape index (κ1) is 14.4. The van der Waals surface area contributed by atoms with E-state index in [1.807, 2.05) is 60.7 Å². The van der Waals surface area contributed by atoms with Gasteiger partial charge in [-0.15, -0.1) is 29.8 Å². The third-order valence-corrected chi connectivity index (χ3v) is 6.77. The van der Waals surface area contributed by atoms with Crippen LogP contribution < -0.4 is 15.9 Å². The maximum Gasteiger partial charge on any atom is 0.127 e. The molecule has 1 aliphatic rings. The molecule has 105 valence electrons. The Bertz CT molecular complexity index is 799. The van der Waals surface area contributed by atoms with E-state index in [1.165, 1.54) is 0 Å². The Morgan fingerprint density at radius 1 is 0.905 bits per heavy atom. The SMILES string of the molecule is O=P1(c2ccccc2)c2ccc[c-]c2-c2ncccc21.[Ir]. The van der Waals surface area contributed by atoms with E-state index in [1.54, 1.807) is 6.20 Å². The molecule has 0 saturated heterocycles. The molecule has 2 nitrogen and oxygen atoms in total. The molecule has 0 fully saturated rings. The quantitative estimate of drug-likeness (QED) is 0.318. The third-order valence-electron chi connectivity index (χ3n) is 3.66. The van der Waals surface area contributed by atoms with Gasteiger partial charge in [0, 0.05) is 31.6 Å². The van der Waals surface area contributed by atoms with Gasteiger partial charge >= 0.3 is 0 Å². The molecule has 3 aromatic rings. The molecule has 1 radical (unpaired) electrons. The number of rotatable bonds is 1. The molecule has 21 heavy (non-hydrogen) atoms. The van der Waals surface area contributed by atoms with Crippen LogP contribution in [0.4, 0.5) is 0 Å². The number of aromatic nitrogens is 1. The second-order valence-corrected chi connectivity index (χ2v) is 7.44. The molecule has 0 bridgehead atoms. The van der Waals surface area contributed by atoms with E-state index in [0.717, 1.165) is 27.2 Å². The van der Waals surface area contributed by atoms with Gasteiger partial charge in [0.2, 0.25) is 0 Å². The number of hydrogen-bond acceptors (Lipinski definition) is 2. The second-order valence-electron chi connectivity index (χ2n) is 4.75. The van der Waals surface area contributed by atoms with Gasteiger partial charge in [0.1, 0.15) is 7.14 Å². The molecule has 0 amide bonds. The molecule has 1 atom stereocenters. The van der Waals surface area contributed by atoms with Gasteiger partial charge in [0.15, 0.2) is 0 Å². The fourth-order valence-corrected chi connectivity index (χ4v) is 5.72. The number of benzene rings is 2. The minimum absolute atomic E-state index is 0. The van der Waals surface area contributed by atoms with Crippen molar-refractivity contribution in [2.45, 2.75) is 0 Å². The Morgan fingerprint density at radius 3 is 2.48 bits per heavy atom. The van der Waals surface area contributed by atoms with Gasteiger partial charge in [-0.3, -0.25) is 0 Å². The summed E-state index contributed by atoms with van der Waals surface area (Å²) in [6, 6.07) is 22.3. The summed E-state index contributed by atoms with van der Waals surface area (Å²) >= 11 is 0. The number of pyridine rings is 1. The Kier molecular flexibility index (Phi) is 3.67. The normalized spacial score (nSPS) is 18.5. The van der Waals surface area contributed by atoms with Crippen LogP contribution in [0.2, 0.25) is 0 Å². The van der Waals surface area contributed by atoms with Gasteiger partial charge in [0.25, 0.3) is 0 Å². The summed E-state index contributed by atoms with van der Waals surface area (Å²) in [6.45, 7) is 0. The van der Waals surface area contributed by atoms with Crippen LogP contribution >= 0.6 is 7.14 Å². The standard InChI is InChI=1S/C17H11NOP.Ir/c19-20(13-7-2-1-3-8-13)15-10-5-4-9-14(15)17-16(20)11-6-12-18-17;/h1-8,10-12H;/q-1;. The fraction of sp³-hybridized carbons (Fsp3) is 0. The van der Waals surface area contributed by atoms with E-state index < -0.39 is 7.14 Å². The van der Waals surface area contributed by atoms with Crippen LogP contribution in [0.1, 0.15) is 0 Å². The largest absolute Gasteiger partial charge is 0.319 e.